The highest BCUT2D eigenvalue weighted by Crippen LogP contribution is 2.11. The summed E-state index contributed by atoms with van der Waals surface area (Å²) in [5.74, 6) is 0. The van der Waals surface area contributed by atoms with E-state index in [1.807, 2.05) is 17.9 Å². The van der Waals surface area contributed by atoms with E-state index in [1.54, 1.807) is 0 Å². The van der Waals surface area contributed by atoms with Crippen LogP contribution in [0.5, 0.6) is 0 Å². The van der Waals surface area contributed by atoms with Gasteiger partial charge in [-0.1, -0.05) is 0 Å². The maximum atomic E-state index is 5.67. The molecule has 0 aromatic carbocycles. The number of aromatic nitrogens is 2. The number of morpholine rings is 1. The smallest absolute Gasteiger partial charge is 0.0594 e. The summed E-state index contributed by atoms with van der Waals surface area (Å²) < 4.78 is 7.23. The number of nitrogens with two attached hydrogens (primary N) is 1. The van der Waals surface area contributed by atoms with E-state index in [0.717, 1.165) is 38.4 Å². The fraction of sp³-hybridized carbons (Fsp3) is 0.700. The summed E-state index contributed by atoms with van der Waals surface area (Å²) in [7, 11) is 1.97. The Morgan fingerprint density at radius 2 is 2.20 bits per heavy atom. The van der Waals surface area contributed by atoms with Gasteiger partial charge in [-0.15, -0.1) is 0 Å². The molecule has 0 saturated carbocycles. The monoisotopic (exact) mass is 210 g/mol. The molecule has 1 aromatic heterocycles. The zero-order valence-electron chi connectivity index (χ0n) is 9.15. The highest BCUT2D eigenvalue weighted by atomic mass is 16.5. The van der Waals surface area contributed by atoms with E-state index in [0.29, 0.717) is 6.54 Å². The number of aryl methyl sites for hydroxylation is 1. The lowest BCUT2D eigenvalue weighted by Crippen LogP contribution is -2.36. The molecule has 2 N–H and O–H groups in total. The summed E-state index contributed by atoms with van der Waals surface area (Å²) in [5, 5.41) is 4.23. The molecule has 0 spiro atoms. The SMILES string of the molecule is Cn1ncc(CN)c1CN1CCOCC1. The van der Waals surface area contributed by atoms with Crippen LogP contribution in [0.4, 0.5) is 0 Å². The van der Waals surface area contributed by atoms with Crippen molar-refractivity contribution in [1.29, 1.82) is 0 Å². The number of rotatable bonds is 3. The minimum atomic E-state index is 0.563. The summed E-state index contributed by atoms with van der Waals surface area (Å²) in [5.41, 5.74) is 8.04. The molecule has 0 unspecified atom stereocenters. The van der Waals surface area contributed by atoms with Gasteiger partial charge in [0.15, 0.2) is 0 Å². The average molecular weight is 210 g/mol. The second-order valence-electron chi connectivity index (χ2n) is 3.83. The number of ether oxygens (including phenoxy) is 1. The van der Waals surface area contributed by atoms with Crippen LogP contribution in [0.2, 0.25) is 0 Å². The van der Waals surface area contributed by atoms with Gasteiger partial charge in [-0.05, 0) is 0 Å². The molecule has 2 rings (SSSR count). The van der Waals surface area contributed by atoms with Crippen molar-refractivity contribution in [2.24, 2.45) is 12.8 Å². The molecule has 5 nitrogen and oxygen atoms in total. The molecular formula is C10H18N4O. The topological polar surface area (TPSA) is 56.3 Å². The van der Waals surface area contributed by atoms with E-state index in [9.17, 15) is 0 Å². The Hall–Kier alpha value is -0.910. The molecule has 2 heterocycles. The zero-order chi connectivity index (χ0) is 10.7. The lowest BCUT2D eigenvalue weighted by atomic mass is 10.2. The highest BCUT2D eigenvalue weighted by Gasteiger charge is 2.14. The van der Waals surface area contributed by atoms with Gasteiger partial charge in [-0.2, -0.15) is 5.10 Å². The van der Waals surface area contributed by atoms with E-state index < -0.39 is 0 Å². The normalized spacial score (nSPS) is 18.3. The van der Waals surface area contributed by atoms with E-state index in [-0.39, 0.29) is 0 Å². The van der Waals surface area contributed by atoms with Crippen molar-refractivity contribution in [2.75, 3.05) is 26.3 Å². The quantitative estimate of drug-likeness (QED) is 0.745. The molecule has 0 aliphatic carbocycles. The van der Waals surface area contributed by atoms with Crippen molar-refractivity contribution in [3.8, 4) is 0 Å². The van der Waals surface area contributed by atoms with Crippen LogP contribution in [0.25, 0.3) is 0 Å². The Kier molecular flexibility index (Phi) is 3.35. The second-order valence-corrected chi connectivity index (χ2v) is 3.83. The van der Waals surface area contributed by atoms with Crippen LogP contribution in [0, 0.1) is 0 Å². The van der Waals surface area contributed by atoms with Crippen molar-refractivity contribution in [2.45, 2.75) is 13.1 Å². The molecule has 15 heavy (non-hydrogen) atoms. The van der Waals surface area contributed by atoms with Gasteiger partial charge in [0, 0.05) is 38.8 Å². The molecule has 0 bridgehead atoms. The minimum absolute atomic E-state index is 0.563. The predicted molar refractivity (Wildman–Crippen MR) is 57.2 cm³/mol. The molecule has 0 amide bonds. The van der Waals surface area contributed by atoms with Crippen molar-refractivity contribution >= 4 is 0 Å². The average Bonchev–Trinajstić information content (AvgIpc) is 2.62. The summed E-state index contributed by atoms with van der Waals surface area (Å²) in [6.45, 7) is 5.13. The van der Waals surface area contributed by atoms with Gasteiger partial charge in [-0.3, -0.25) is 9.58 Å². The van der Waals surface area contributed by atoms with E-state index in [1.165, 1.54) is 5.69 Å². The molecule has 0 atom stereocenters. The first-order chi connectivity index (χ1) is 7.31. The molecule has 1 saturated heterocycles. The molecule has 1 aliphatic heterocycles. The third-order valence-corrected chi connectivity index (χ3v) is 2.85. The molecular weight excluding hydrogens is 192 g/mol. The second kappa shape index (κ2) is 4.74. The molecule has 0 radical (unpaired) electrons. The molecule has 1 aromatic rings. The van der Waals surface area contributed by atoms with Gasteiger partial charge < -0.3 is 10.5 Å². The first-order valence-corrected chi connectivity index (χ1v) is 5.31. The first-order valence-electron chi connectivity index (χ1n) is 5.31. The predicted octanol–water partition coefficient (Wildman–Crippen LogP) is -0.289. The molecule has 1 aliphatic rings. The van der Waals surface area contributed by atoms with Crippen LogP contribution in [0.3, 0.4) is 0 Å². The minimum Gasteiger partial charge on any atom is -0.379 e. The standard InChI is InChI=1S/C10H18N4O/c1-13-10(9(6-11)7-12-13)8-14-2-4-15-5-3-14/h7H,2-6,8,11H2,1H3. The van der Waals surface area contributed by atoms with Crippen LogP contribution < -0.4 is 5.73 Å². The molecule has 5 heteroatoms. The largest absolute Gasteiger partial charge is 0.379 e. The Morgan fingerprint density at radius 1 is 1.47 bits per heavy atom. The van der Waals surface area contributed by atoms with Gasteiger partial charge in [0.2, 0.25) is 0 Å². The maximum Gasteiger partial charge on any atom is 0.0594 e. The first kappa shape index (κ1) is 10.6. The number of hydrogen-bond donors (Lipinski definition) is 1. The van der Waals surface area contributed by atoms with Crippen LogP contribution in [-0.4, -0.2) is 41.0 Å². The maximum absolute atomic E-state index is 5.67. The van der Waals surface area contributed by atoms with Crippen molar-refractivity contribution in [3.05, 3.63) is 17.5 Å². The third-order valence-electron chi connectivity index (χ3n) is 2.85. The Labute approximate surface area is 89.8 Å². The van der Waals surface area contributed by atoms with Gasteiger partial charge in [0.25, 0.3) is 0 Å². The van der Waals surface area contributed by atoms with Crippen LogP contribution in [0.15, 0.2) is 6.20 Å². The van der Waals surface area contributed by atoms with Crippen molar-refractivity contribution < 1.29 is 4.74 Å². The molecule has 1 fully saturated rings. The van der Waals surface area contributed by atoms with Crippen molar-refractivity contribution in [1.82, 2.24) is 14.7 Å². The van der Waals surface area contributed by atoms with Crippen LogP contribution in [0.1, 0.15) is 11.3 Å². The lowest BCUT2D eigenvalue weighted by Gasteiger charge is -2.26. The van der Waals surface area contributed by atoms with Crippen LogP contribution >= 0.6 is 0 Å². The third kappa shape index (κ3) is 2.37. The Bertz CT molecular complexity index is 317. The van der Waals surface area contributed by atoms with E-state index >= 15 is 0 Å². The Morgan fingerprint density at radius 3 is 2.87 bits per heavy atom. The fourth-order valence-electron chi connectivity index (χ4n) is 1.85. The van der Waals surface area contributed by atoms with Gasteiger partial charge in [-0.25, -0.2) is 0 Å². The lowest BCUT2D eigenvalue weighted by molar-refractivity contribution is 0.0330. The number of hydrogen-bond acceptors (Lipinski definition) is 4. The summed E-state index contributed by atoms with van der Waals surface area (Å²) in [6, 6.07) is 0. The van der Waals surface area contributed by atoms with E-state index in [4.69, 9.17) is 10.5 Å². The molecule has 84 valence electrons. The van der Waals surface area contributed by atoms with Gasteiger partial charge in [0.05, 0.1) is 25.1 Å². The van der Waals surface area contributed by atoms with E-state index in [2.05, 4.69) is 10.00 Å². The summed E-state index contributed by atoms with van der Waals surface area (Å²) >= 11 is 0. The fourth-order valence-corrected chi connectivity index (χ4v) is 1.85. The summed E-state index contributed by atoms with van der Waals surface area (Å²) in [4.78, 5) is 2.37. The highest BCUT2D eigenvalue weighted by molar-refractivity contribution is 5.17. The van der Waals surface area contributed by atoms with Crippen LogP contribution in [-0.2, 0) is 24.9 Å². The zero-order valence-corrected chi connectivity index (χ0v) is 9.15. The van der Waals surface area contributed by atoms with Gasteiger partial charge >= 0.3 is 0 Å². The van der Waals surface area contributed by atoms with Crippen molar-refractivity contribution in [3.63, 3.8) is 0 Å². The summed E-state index contributed by atoms with van der Waals surface area (Å²) in [6.07, 6.45) is 1.86. The van der Waals surface area contributed by atoms with Gasteiger partial charge in [0.1, 0.15) is 0 Å². The number of nitrogens with zero attached hydrogens (tertiary/aromatic N) is 3. The Balaban J connectivity index is 2.04.